The first-order chi connectivity index (χ1) is 9.47. The van der Waals surface area contributed by atoms with Crippen LogP contribution in [0.15, 0.2) is 36.4 Å². The molecule has 0 aliphatic rings. The van der Waals surface area contributed by atoms with Crippen molar-refractivity contribution in [3.05, 3.63) is 51.7 Å². The molecule has 1 aromatic carbocycles. The number of thiophene rings is 1. The first-order valence-corrected chi connectivity index (χ1v) is 6.98. The lowest BCUT2D eigenvalue weighted by Gasteiger charge is -2.11. The maximum atomic E-state index is 12.0. The molecule has 2 rings (SSSR count). The summed E-state index contributed by atoms with van der Waals surface area (Å²) in [6, 6.07) is 10.6. The number of amides is 2. The topological polar surface area (TPSA) is 49.4 Å². The lowest BCUT2D eigenvalue weighted by molar-refractivity contribution is 0.0827. The zero-order chi connectivity index (χ0) is 14.7. The summed E-state index contributed by atoms with van der Waals surface area (Å²) in [6.45, 7) is 1.96. The normalized spacial score (nSPS) is 10.2. The second-order valence-corrected chi connectivity index (χ2v) is 5.93. The van der Waals surface area contributed by atoms with Gasteiger partial charge in [0, 0.05) is 30.2 Å². The van der Waals surface area contributed by atoms with E-state index in [1.54, 1.807) is 44.4 Å². The Kier molecular flexibility index (Phi) is 4.20. The van der Waals surface area contributed by atoms with Crippen LogP contribution in [-0.2, 0) is 0 Å². The van der Waals surface area contributed by atoms with E-state index in [9.17, 15) is 9.59 Å². The van der Waals surface area contributed by atoms with Crippen LogP contribution in [0.4, 0.5) is 5.69 Å². The van der Waals surface area contributed by atoms with Gasteiger partial charge in [-0.1, -0.05) is 6.07 Å². The molecule has 104 valence electrons. The van der Waals surface area contributed by atoms with Crippen molar-refractivity contribution >= 4 is 28.8 Å². The maximum Gasteiger partial charge on any atom is 0.265 e. The molecule has 1 heterocycles. The van der Waals surface area contributed by atoms with Crippen molar-refractivity contribution in [1.29, 1.82) is 0 Å². The Morgan fingerprint density at radius 1 is 1.15 bits per heavy atom. The van der Waals surface area contributed by atoms with Gasteiger partial charge < -0.3 is 10.2 Å². The molecule has 0 aliphatic heterocycles. The van der Waals surface area contributed by atoms with Crippen LogP contribution in [0.5, 0.6) is 0 Å². The number of benzene rings is 1. The summed E-state index contributed by atoms with van der Waals surface area (Å²) >= 11 is 1.44. The van der Waals surface area contributed by atoms with Gasteiger partial charge in [-0.2, -0.15) is 0 Å². The molecule has 2 amide bonds. The molecule has 1 N–H and O–H groups in total. The Morgan fingerprint density at radius 3 is 2.50 bits per heavy atom. The summed E-state index contributed by atoms with van der Waals surface area (Å²) in [7, 11) is 3.39. The average molecular weight is 288 g/mol. The van der Waals surface area contributed by atoms with Crippen molar-refractivity contribution in [1.82, 2.24) is 4.90 Å². The second-order valence-electron chi connectivity index (χ2n) is 4.64. The van der Waals surface area contributed by atoms with E-state index in [4.69, 9.17) is 0 Å². The van der Waals surface area contributed by atoms with Crippen LogP contribution in [0.1, 0.15) is 24.9 Å². The van der Waals surface area contributed by atoms with Crippen LogP contribution in [0, 0.1) is 6.92 Å². The lowest BCUT2D eigenvalue weighted by atomic mass is 10.2. The molecule has 1 aromatic heterocycles. The predicted octanol–water partition coefficient (Wildman–Crippen LogP) is 3.01. The van der Waals surface area contributed by atoms with Gasteiger partial charge in [0.15, 0.2) is 0 Å². The fourth-order valence-electron chi connectivity index (χ4n) is 1.74. The summed E-state index contributed by atoms with van der Waals surface area (Å²) in [5.41, 5.74) is 1.17. The maximum absolute atomic E-state index is 12.0. The molecule has 0 saturated heterocycles. The molecule has 0 unspecified atom stereocenters. The predicted molar refractivity (Wildman–Crippen MR) is 81.5 cm³/mol. The number of carbonyl (C=O) groups excluding carboxylic acids is 2. The van der Waals surface area contributed by atoms with E-state index in [1.165, 1.54) is 16.2 Å². The van der Waals surface area contributed by atoms with E-state index < -0.39 is 0 Å². The van der Waals surface area contributed by atoms with Gasteiger partial charge in [-0.15, -0.1) is 11.3 Å². The zero-order valence-electron chi connectivity index (χ0n) is 11.6. The van der Waals surface area contributed by atoms with Crippen LogP contribution in [0.3, 0.4) is 0 Å². The van der Waals surface area contributed by atoms with Crippen molar-refractivity contribution in [3.8, 4) is 0 Å². The molecule has 0 atom stereocenters. The highest BCUT2D eigenvalue weighted by atomic mass is 32.1. The Hall–Kier alpha value is -2.14. The average Bonchev–Trinajstić information content (AvgIpc) is 2.85. The number of anilines is 1. The molecule has 4 nitrogen and oxygen atoms in total. The summed E-state index contributed by atoms with van der Waals surface area (Å²) < 4.78 is 0. The third kappa shape index (κ3) is 3.24. The minimum absolute atomic E-state index is 0.0898. The number of aryl methyl sites for hydroxylation is 1. The molecule has 0 aliphatic carbocycles. The molecular weight excluding hydrogens is 272 g/mol. The van der Waals surface area contributed by atoms with E-state index >= 15 is 0 Å². The van der Waals surface area contributed by atoms with E-state index in [2.05, 4.69) is 5.32 Å². The molecule has 5 heteroatoms. The molecule has 0 radical (unpaired) electrons. The van der Waals surface area contributed by atoms with Crippen LogP contribution in [-0.4, -0.2) is 30.8 Å². The summed E-state index contributed by atoms with van der Waals surface area (Å²) in [5.74, 6) is -0.245. The molecule has 2 aromatic rings. The minimum Gasteiger partial charge on any atom is -0.345 e. The molecule has 0 saturated carbocycles. The highest BCUT2D eigenvalue weighted by Gasteiger charge is 2.11. The number of nitrogens with one attached hydrogen (secondary N) is 1. The molecule has 20 heavy (non-hydrogen) atoms. The molecule has 0 bridgehead atoms. The highest BCUT2D eigenvalue weighted by Crippen LogP contribution is 2.18. The summed E-state index contributed by atoms with van der Waals surface area (Å²) in [5, 5.41) is 2.81. The number of rotatable bonds is 3. The van der Waals surface area contributed by atoms with Crippen molar-refractivity contribution < 1.29 is 9.59 Å². The van der Waals surface area contributed by atoms with E-state index in [1.807, 2.05) is 13.0 Å². The Morgan fingerprint density at radius 2 is 1.90 bits per heavy atom. The van der Waals surface area contributed by atoms with E-state index in [0.29, 0.717) is 16.1 Å². The number of nitrogens with zero attached hydrogens (tertiary/aromatic N) is 1. The Bertz CT molecular complexity index is 647. The Labute approximate surface area is 122 Å². The van der Waals surface area contributed by atoms with Gasteiger partial charge in [0.2, 0.25) is 0 Å². The van der Waals surface area contributed by atoms with Crippen LogP contribution in [0.2, 0.25) is 0 Å². The van der Waals surface area contributed by atoms with Crippen LogP contribution >= 0.6 is 11.3 Å². The van der Waals surface area contributed by atoms with Gasteiger partial charge in [0.1, 0.15) is 0 Å². The fraction of sp³-hybridized carbons (Fsp3) is 0.200. The van der Waals surface area contributed by atoms with Crippen LogP contribution in [0.25, 0.3) is 0 Å². The monoisotopic (exact) mass is 288 g/mol. The SMILES string of the molecule is Cc1ccc(C(=O)Nc2cccc(C(=O)N(C)C)c2)s1. The second kappa shape index (κ2) is 5.88. The number of carbonyl (C=O) groups is 2. The number of hydrogen-bond acceptors (Lipinski definition) is 3. The third-order valence-corrected chi connectivity index (χ3v) is 3.74. The van der Waals surface area contributed by atoms with Crippen molar-refractivity contribution in [2.45, 2.75) is 6.92 Å². The van der Waals surface area contributed by atoms with E-state index in [-0.39, 0.29) is 11.8 Å². The Balaban J connectivity index is 2.16. The zero-order valence-corrected chi connectivity index (χ0v) is 12.5. The van der Waals surface area contributed by atoms with Crippen molar-refractivity contribution in [2.24, 2.45) is 0 Å². The van der Waals surface area contributed by atoms with Gasteiger partial charge in [0.25, 0.3) is 11.8 Å². The first-order valence-electron chi connectivity index (χ1n) is 6.17. The van der Waals surface area contributed by atoms with Crippen molar-refractivity contribution in [3.63, 3.8) is 0 Å². The van der Waals surface area contributed by atoms with Gasteiger partial charge in [-0.3, -0.25) is 9.59 Å². The highest BCUT2D eigenvalue weighted by molar-refractivity contribution is 7.14. The number of hydrogen-bond donors (Lipinski definition) is 1. The third-order valence-electron chi connectivity index (χ3n) is 2.74. The van der Waals surface area contributed by atoms with Crippen LogP contribution < -0.4 is 5.32 Å². The van der Waals surface area contributed by atoms with Crippen molar-refractivity contribution in [2.75, 3.05) is 19.4 Å². The van der Waals surface area contributed by atoms with Gasteiger partial charge in [-0.05, 0) is 37.3 Å². The standard InChI is InChI=1S/C15H16N2O2S/c1-10-7-8-13(20-10)14(18)16-12-6-4-5-11(9-12)15(19)17(2)3/h4-9H,1-3H3,(H,16,18). The van der Waals surface area contributed by atoms with Gasteiger partial charge >= 0.3 is 0 Å². The minimum atomic E-state index is -0.155. The largest absolute Gasteiger partial charge is 0.345 e. The smallest absolute Gasteiger partial charge is 0.265 e. The summed E-state index contributed by atoms with van der Waals surface area (Å²) in [4.78, 5) is 27.2. The van der Waals surface area contributed by atoms with E-state index in [0.717, 1.165) is 4.88 Å². The lowest BCUT2D eigenvalue weighted by Crippen LogP contribution is -2.21. The quantitative estimate of drug-likeness (QED) is 0.944. The van der Waals surface area contributed by atoms with Gasteiger partial charge in [0.05, 0.1) is 4.88 Å². The molecule has 0 spiro atoms. The molecular formula is C15H16N2O2S. The summed E-state index contributed by atoms with van der Waals surface area (Å²) in [6.07, 6.45) is 0. The van der Waals surface area contributed by atoms with Gasteiger partial charge in [-0.25, -0.2) is 0 Å². The first kappa shape index (κ1) is 14.3. The molecule has 0 fully saturated rings. The fourth-order valence-corrected chi connectivity index (χ4v) is 2.50.